The molecule has 2 aromatic carbocycles. The summed E-state index contributed by atoms with van der Waals surface area (Å²) >= 11 is 0. The molecule has 1 aliphatic rings. The molecule has 0 saturated carbocycles. The van der Waals surface area contributed by atoms with E-state index in [4.69, 9.17) is 0 Å². The van der Waals surface area contributed by atoms with Gasteiger partial charge in [-0.2, -0.15) is 5.10 Å². The molecule has 3 nitrogen and oxygen atoms in total. The zero-order chi connectivity index (χ0) is 14.1. The third-order valence-electron chi connectivity index (χ3n) is 3.50. The molecule has 1 heterocycles. The Morgan fingerprint density at radius 1 is 1.25 bits per heavy atom. The van der Waals surface area contributed by atoms with Crippen LogP contribution in [-0.4, -0.2) is 10.8 Å². The maximum atomic E-state index is 13.8. The van der Waals surface area contributed by atoms with Gasteiger partial charge in [0.1, 0.15) is 11.6 Å². The minimum atomic E-state index is -0.241. The molecule has 1 atom stereocenters. The zero-order valence-corrected chi connectivity index (χ0v) is 11.1. The van der Waals surface area contributed by atoms with Gasteiger partial charge in [-0.05, 0) is 25.1 Å². The number of hydrazone groups is 1. The van der Waals surface area contributed by atoms with Gasteiger partial charge in [0, 0.05) is 17.5 Å². The number of rotatable bonds is 2. The van der Waals surface area contributed by atoms with E-state index in [0.717, 1.165) is 11.3 Å². The van der Waals surface area contributed by atoms with Crippen LogP contribution in [-0.2, 0) is 0 Å². The van der Waals surface area contributed by atoms with Crippen LogP contribution in [0.1, 0.15) is 29.2 Å². The monoisotopic (exact) mass is 270 g/mol. The molecule has 0 saturated heterocycles. The number of aryl methyl sites for hydroxylation is 1. The molecule has 0 aliphatic carbocycles. The normalized spacial score (nSPS) is 17.7. The molecule has 0 radical (unpaired) electrons. The minimum Gasteiger partial charge on any atom is -0.507 e. The lowest BCUT2D eigenvalue weighted by Gasteiger charge is -2.11. The Hall–Kier alpha value is -2.36. The van der Waals surface area contributed by atoms with Crippen LogP contribution < -0.4 is 5.43 Å². The summed E-state index contributed by atoms with van der Waals surface area (Å²) in [6, 6.07) is 11.9. The van der Waals surface area contributed by atoms with Gasteiger partial charge in [-0.15, -0.1) is 0 Å². The predicted molar refractivity (Wildman–Crippen MR) is 76.3 cm³/mol. The van der Waals surface area contributed by atoms with Crippen LogP contribution in [0.3, 0.4) is 0 Å². The first-order chi connectivity index (χ1) is 9.65. The van der Waals surface area contributed by atoms with E-state index >= 15 is 0 Å². The van der Waals surface area contributed by atoms with Crippen molar-refractivity contribution < 1.29 is 9.50 Å². The van der Waals surface area contributed by atoms with E-state index in [-0.39, 0.29) is 17.6 Å². The van der Waals surface area contributed by atoms with Crippen molar-refractivity contribution in [3.8, 4) is 5.75 Å². The van der Waals surface area contributed by atoms with Gasteiger partial charge in [0.25, 0.3) is 0 Å². The summed E-state index contributed by atoms with van der Waals surface area (Å²) in [6.07, 6.45) is 0.554. The molecule has 0 aromatic heterocycles. The SMILES string of the molecule is Cc1ccc(O)c(C2=NN[C@H](c3ccccc3F)C2)c1. The lowest BCUT2D eigenvalue weighted by atomic mass is 9.97. The third kappa shape index (κ3) is 2.25. The molecule has 0 bridgehead atoms. The average Bonchev–Trinajstić information content (AvgIpc) is 2.91. The van der Waals surface area contributed by atoms with Gasteiger partial charge in [-0.1, -0.05) is 29.8 Å². The molecule has 0 fully saturated rings. The van der Waals surface area contributed by atoms with E-state index in [1.165, 1.54) is 6.07 Å². The Labute approximate surface area is 116 Å². The Kier molecular flexibility index (Phi) is 3.14. The summed E-state index contributed by atoms with van der Waals surface area (Å²) in [7, 11) is 0. The highest BCUT2D eigenvalue weighted by molar-refractivity contribution is 6.04. The Bertz CT molecular complexity index is 682. The number of nitrogens with one attached hydrogen (secondary N) is 1. The summed E-state index contributed by atoms with van der Waals surface area (Å²) in [5.74, 6) is -0.0414. The van der Waals surface area contributed by atoms with E-state index in [2.05, 4.69) is 10.5 Å². The van der Waals surface area contributed by atoms with Gasteiger partial charge in [0.2, 0.25) is 0 Å². The Morgan fingerprint density at radius 2 is 2.05 bits per heavy atom. The average molecular weight is 270 g/mol. The van der Waals surface area contributed by atoms with Crippen molar-refractivity contribution in [3.05, 3.63) is 65.0 Å². The smallest absolute Gasteiger partial charge is 0.128 e. The summed E-state index contributed by atoms with van der Waals surface area (Å²) in [5, 5.41) is 14.2. The molecule has 0 amide bonds. The van der Waals surface area contributed by atoms with E-state index in [0.29, 0.717) is 17.5 Å². The van der Waals surface area contributed by atoms with E-state index in [9.17, 15) is 9.50 Å². The number of hydrogen-bond acceptors (Lipinski definition) is 3. The van der Waals surface area contributed by atoms with Gasteiger partial charge in [0.05, 0.1) is 11.8 Å². The number of phenols is 1. The molecule has 0 spiro atoms. The second-order valence-electron chi connectivity index (χ2n) is 4.99. The molecular formula is C16H15FN2O. The number of aromatic hydroxyl groups is 1. The largest absolute Gasteiger partial charge is 0.507 e. The second-order valence-corrected chi connectivity index (χ2v) is 4.99. The maximum Gasteiger partial charge on any atom is 0.128 e. The lowest BCUT2D eigenvalue weighted by molar-refractivity contribution is 0.474. The van der Waals surface area contributed by atoms with E-state index in [1.54, 1.807) is 18.2 Å². The van der Waals surface area contributed by atoms with Gasteiger partial charge in [-0.25, -0.2) is 4.39 Å². The quantitative estimate of drug-likeness (QED) is 0.879. The van der Waals surface area contributed by atoms with E-state index in [1.807, 2.05) is 25.1 Å². The number of halogens is 1. The van der Waals surface area contributed by atoms with Crippen molar-refractivity contribution >= 4 is 5.71 Å². The Balaban J connectivity index is 1.86. The first-order valence-electron chi connectivity index (χ1n) is 6.51. The highest BCUT2D eigenvalue weighted by Crippen LogP contribution is 2.29. The highest BCUT2D eigenvalue weighted by atomic mass is 19.1. The number of benzene rings is 2. The van der Waals surface area contributed by atoms with E-state index < -0.39 is 0 Å². The topological polar surface area (TPSA) is 44.6 Å². The number of hydrogen-bond donors (Lipinski definition) is 2. The first-order valence-corrected chi connectivity index (χ1v) is 6.51. The fraction of sp³-hybridized carbons (Fsp3) is 0.188. The van der Waals surface area contributed by atoms with Gasteiger partial charge >= 0.3 is 0 Å². The van der Waals surface area contributed by atoms with Crippen molar-refractivity contribution in [2.45, 2.75) is 19.4 Å². The van der Waals surface area contributed by atoms with Crippen LogP contribution in [0.5, 0.6) is 5.75 Å². The van der Waals surface area contributed by atoms with Crippen molar-refractivity contribution in [1.82, 2.24) is 5.43 Å². The summed E-state index contributed by atoms with van der Waals surface area (Å²) < 4.78 is 13.8. The molecular weight excluding hydrogens is 255 g/mol. The minimum absolute atomic E-state index is 0.189. The molecule has 3 rings (SSSR count). The van der Waals surface area contributed by atoms with Crippen molar-refractivity contribution in [2.75, 3.05) is 0 Å². The number of phenolic OH excluding ortho intramolecular Hbond substituents is 1. The van der Waals surface area contributed by atoms with Crippen LogP contribution in [0.15, 0.2) is 47.6 Å². The molecule has 0 unspecified atom stereocenters. The van der Waals surface area contributed by atoms with Crippen LogP contribution >= 0.6 is 0 Å². The molecule has 1 aliphatic heterocycles. The lowest BCUT2D eigenvalue weighted by Crippen LogP contribution is -2.11. The van der Waals surface area contributed by atoms with Gasteiger partial charge in [-0.3, -0.25) is 0 Å². The van der Waals surface area contributed by atoms with Crippen molar-refractivity contribution in [3.63, 3.8) is 0 Å². The molecule has 2 aromatic rings. The van der Waals surface area contributed by atoms with Crippen LogP contribution in [0.4, 0.5) is 4.39 Å². The van der Waals surface area contributed by atoms with Crippen LogP contribution in [0.2, 0.25) is 0 Å². The molecule has 102 valence electrons. The third-order valence-corrected chi connectivity index (χ3v) is 3.50. The number of nitrogens with zero attached hydrogens (tertiary/aromatic N) is 1. The molecule has 4 heteroatoms. The van der Waals surface area contributed by atoms with Crippen LogP contribution in [0, 0.1) is 12.7 Å². The summed E-state index contributed by atoms with van der Waals surface area (Å²) in [5.41, 5.74) is 6.05. The van der Waals surface area contributed by atoms with Crippen LogP contribution in [0.25, 0.3) is 0 Å². The van der Waals surface area contributed by atoms with Crippen molar-refractivity contribution in [2.24, 2.45) is 5.10 Å². The maximum absolute atomic E-state index is 13.8. The fourth-order valence-corrected chi connectivity index (χ4v) is 2.43. The van der Waals surface area contributed by atoms with Crippen molar-refractivity contribution in [1.29, 1.82) is 0 Å². The highest BCUT2D eigenvalue weighted by Gasteiger charge is 2.24. The van der Waals surface area contributed by atoms with Gasteiger partial charge < -0.3 is 10.5 Å². The summed E-state index contributed by atoms with van der Waals surface area (Å²) in [6.45, 7) is 1.96. The fourth-order valence-electron chi connectivity index (χ4n) is 2.43. The summed E-state index contributed by atoms with van der Waals surface area (Å²) in [4.78, 5) is 0. The molecule has 2 N–H and O–H groups in total. The molecule has 20 heavy (non-hydrogen) atoms. The second kappa shape index (κ2) is 4.96. The standard InChI is InChI=1S/C16H15FN2O/c1-10-6-7-16(20)12(8-10)15-9-14(18-19-15)11-4-2-3-5-13(11)17/h2-8,14,18,20H,9H2,1H3/t14-/m0/s1. The first kappa shape index (κ1) is 12.7. The predicted octanol–water partition coefficient (Wildman–Crippen LogP) is 3.28. The van der Waals surface area contributed by atoms with Gasteiger partial charge in [0.15, 0.2) is 0 Å². The zero-order valence-electron chi connectivity index (χ0n) is 11.1. The Morgan fingerprint density at radius 3 is 2.85 bits per heavy atom.